The topological polar surface area (TPSA) is 12.9 Å². The zero-order chi connectivity index (χ0) is 13.1. The van der Waals surface area contributed by atoms with Gasteiger partial charge in [0, 0.05) is 11.9 Å². The van der Waals surface area contributed by atoms with Crippen molar-refractivity contribution in [1.82, 2.24) is 4.98 Å². The number of rotatable bonds is 3. The Bertz CT molecular complexity index is 318. The fraction of sp³-hybridized carbons (Fsp3) is 0.667. The van der Waals surface area contributed by atoms with Crippen molar-refractivity contribution in [3.05, 3.63) is 30.1 Å². The molecular formula is C15H26NP. The van der Waals surface area contributed by atoms with Gasteiger partial charge in [-0.25, -0.2) is 0 Å². The molecule has 0 aliphatic heterocycles. The summed E-state index contributed by atoms with van der Waals surface area (Å²) in [5.74, 6) is 0. The van der Waals surface area contributed by atoms with Crippen molar-refractivity contribution in [2.75, 3.05) is 6.16 Å². The quantitative estimate of drug-likeness (QED) is 0.709. The second-order valence-corrected chi connectivity index (χ2v) is 10.6. The molecule has 0 bridgehead atoms. The van der Waals surface area contributed by atoms with Crippen LogP contribution in [-0.4, -0.2) is 21.5 Å². The lowest BCUT2D eigenvalue weighted by Crippen LogP contribution is -2.27. The molecule has 0 fully saturated rings. The zero-order valence-corrected chi connectivity index (χ0v) is 13.0. The highest BCUT2D eigenvalue weighted by atomic mass is 31.1. The Balaban J connectivity index is 2.70. The van der Waals surface area contributed by atoms with E-state index in [1.54, 1.807) is 0 Å². The molecule has 0 atom stereocenters. The molecule has 0 saturated carbocycles. The number of hydrogen-bond acceptors (Lipinski definition) is 1. The number of hydrogen-bond donors (Lipinski definition) is 0. The Morgan fingerprint density at radius 2 is 1.59 bits per heavy atom. The van der Waals surface area contributed by atoms with Gasteiger partial charge in [0.2, 0.25) is 0 Å². The van der Waals surface area contributed by atoms with E-state index in [1.807, 2.05) is 12.3 Å². The molecule has 0 aliphatic rings. The summed E-state index contributed by atoms with van der Waals surface area (Å²) < 4.78 is 0. The molecule has 96 valence electrons. The molecule has 1 rings (SSSR count). The summed E-state index contributed by atoms with van der Waals surface area (Å²) in [6.45, 7) is 14.3. The van der Waals surface area contributed by atoms with E-state index in [0.29, 0.717) is 10.3 Å². The standard InChI is InChI=1S/C15H26NP/c1-14(2,3)17(15(4,5)6)12-10-13-9-7-8-11-16-13/h7-9,11H,10,12H2,1-6H3. The molecule has 1 aromatic rings. The van der Waals surface area contributed by atoms with Gasteiger partial charge in [0.05, 0.1) is 0 Å². The minimum Gasteiger partial charge on any atom is -0.261 e. The van der Waals surface area contributed by atoms with Gasteiger partial charge in [-0.05, 0) is 35.0 Å². The van der Waals surface area contributed by atoms with Crippen LogP contribution in [0.4, 0.5) is 0 Å². The normalized spacial score (nSPS) is 13.1. The van der Waals surface area contributed by atoms with Crippen molar-refractivity contribution in [2.24, 2.45) is 0 Å². The molecule has 0 aliphatic carbocycles. The highest BCUT2D eigenvalue weighted by Gasteiger charge is 2.33. The first-order valence-electron chi connectivity index (χ1n) is 6.39. The highest BCUT2D eigenvalue weighted by Crippen LogP contribution is 2.59. The van der Waals surface area contributed by atoms with Gasteiger partial charge in [-0.1, -0.05) is 55.5 Å². The molecule has 0 unspecified atom stereocenters. The number of aryl methyl sites for hydroxylation is 1. The second kappa shape index (κ2) is 5.48. The molecule has 0 aromatic carbocycles. The Hall–Kier alpha value is -0.420. The third-order valence-corrected chi connectivity index (χ3v) is 6.85. The van der Waals surface area contributed by atoms with Crippen molar-refractivity contribution in [1.29, 1.82) is 0 Å². The van der Waals surface area contributed by atoms with E-state index < -0.39 is 0 Å². The average Bonchev–Trinajstić information content (AvgIpc) is 2.15. The predicted molar refractivity (Wildman–Crippen MR) is 79.2 cm³/mol. The molecule has 17 heavy (non-hydrogen) atoms. The summed E-state index contributed by atoms with van der Waals surface area (Å²) in [7, 11) is -0.00643. The third kappa shape index (κ3) is 4.76. The Labute approximate surface area is 108 Å². The molecule has 0 N–H and O–H groups in total. The number of pyridine rings is 1. The first-order valence-corrected chi connectivity index (χ1v) is 7.91. The van der Waals surface area contributed by atoms with Crippen molar-refractivity contribution in [3.63, 3.8) is 0 Å². The van der Waals surface area contributed by atoms with Gasteiger partial charge < -0.3 is 0 Å². The van der Waals surface area contributed by atoms with E-state index >= 15 is 0 Å². The summed E-state index contributed by atoms with van der Waals surface area (Å²) in [5, 5.41) is 0.838. The summed E-state index contributed by atoms with van der Waals surface area (Å²) in [5.41, 5.74) is 1.23. The maximum absolute atomic E-state index is 4.43. The fourth-order valence-electron chi connectivity index (χ4n) is 2.45. The van der Waals surface area contributed by atoms with Crippen LogP contribution in [0.1, 0.15) is 47.2 Å². The molecule has 0 radical (unpaired) electrons. The van der Waals surface area contributed by atoms with Crippen LogP contribution in [-0.2, 0) is 6.42 Å². The minimum absolute atomic E-state index is 0.00643. The summed E-state index contributed by atoms with van der Waals surface area (Å²) in [6, 6.07) is 6.21. The van der Waals surface area contributed by atoms with E-state index in [0.717, 1.165) is 6.42 Å². The van der Waals surface area contributed by atoms with Crippen molar-refractivity contribution < 1.29 is 0 Å². The van der Waals surface area contributed by atoms with E-state index in [-0.39, 0.29) is 7.92 Å². The van der Waals surface area contributed by atoms with E-state index in [1.165, 1.54) is 11.9 Å². The lowest BCUT2D eigenvalue weighted by Gasteiger charge is -2.41. The molecule has 0 amide bonds. The smallest absolute Gasteiger partial charge is 0.0407 e. The van der Waals surface area contributed by atoms with Crippen molar-refractivity contribution in [3.8, 4) is 0 Å². The zero-order valence-electron chi connectivity index (χ0n) is 12.1. The first-order chi connectivity index (χ1) is 7.71. The largest absolute Gasteiger partial charge is 0.261 e. The van der Waals surface area contributed by atoms with E-state index in [2.05, 4.69) is 58.7 Å². The Kier molecular flexibility index (Phi) is 4.72. The van der Waals surface area contributed by atoms with Crippen LogP contribution in [0, 0.1) is 0 Å². The van der Waals surface area contributed by atoms with Crippen LogP contribution in [0.2, 0.25) is 0 Å². The third-order valence-electron chi connectivity index (χ3n) is 2.94. The van der Waals surface area contributed by atoms with Crippen LogP contribution in [0.3, 0.4) is 0 Å². The van der Waals surface area contributed by atoms with Crippen molar-refractivity contribution >= 4 is 7.92 Å². The second-order valence-electron chi connectivity index (χ2n) is 6.56. The van der Waals surface area contributed by atoms with Crippen LogP contribution >= 0.6 is 7.92 Å². The summed E-state index contributed by atoms with van der Waals surface area (Å²) in [4.78, 5) is 4.43. The van der Waals surface area contributed by atoms with Crippen LogP contribution in [0.5, 0.6) is 0 Å². The average molecular weight is 251 g/mol. The maximum atomic E-state index is 4.43. The minimum atomic E-state index is -0.00643. The Morgan fingerprint density at radius 3 is 2.00 bits per heavy atom. The van der Waals surface area contributed by atoms with Gasteiger partial charge in [0.15, 0.2) is 0 Å². The number of aromatic nitrogens is 1. The summed E-state index contributed by atoms with van der Waals surface area (Å²) in [6.07, 6.45) is 4.28. The van der Waals surface area contributed by atoms with E-state index in [4.69, 9.17) is 0 Å². The first kappa shape index (κ1) is 14.6. The lowest BCUT2D eigenvalue weighted by atomic mass is 10.2. The molecule has 0 spiro atoms. The van der Waals surface area contributed by atoms with Gasteiger partial charge in [-0.15, -0.1) is 0 Å². The van der Waals surface area contributed by atoms with Crippen LogP contribution < -0.4 is 0 Å². The fourth-order valence-corrected chi connectivity index (χ4v) is 6.26. The van der Waals surface area contributed by atoms with Crippen LogP contribution in [0.15, 0.2) is 24.4 Å². The van der Waals surface area contributed by atoms with E-state index in [9.17, 15) is 0 Å². The van der Waals surface area contributed by atoms with Gasteiger partial charge in [0.1, 0.15) is 0 Å². The SMILES string of the molecule is CC(C)(C)P(CCc1ccccn1)C(C)(C)C. The maximum Gasteiger partial charge on any atom is 0.0407 e. The number of nitrogens with zero attached hydrogens (tertiary/aromatic N) is 1. The van der Waals surface area contributed by atoms with Gasteiger partial charge in [-0.2, -0.15) is 0 Å². The molecule has 0 saturated heterocycles. The Morgan fingerprint density at radius 1 is 1.00 bits per heavy atom. The highest BCUT2D eigenvalue weighted by molar-refractivity contribution is 7.60. The predicted octanol–water partition coefficient (Wildman–Crippen LogP) is 4.70. The van der Waals surface area contributed by atoms with Gasteiger partial charge in [0.25, 0.3) is 0 Å². The molecular weight excluding hydrogens is 225 g/mol. The molecule has 2 heteroatoms. The lowest BCUT2D eigenvalue weighted by molar-refractivity contribution is 0.701. The molecule has 1 heterocycles. The monoisotopic (exact) mass is 251 g/mol. The van der Waals surface area contributed by atoms with Crippen LogP contribution in [0.25, 0.3) is 0 Å². The summed E-state index contributed by atoms with van der Waals surface area (Å²) >= 11 is 0. The van der Waals surface area contributed by atoms with Gasteiger partial charge in [-0.3, -0.25) is 4.98 Å². The van der Waals surface area contributed by atoms with Gasteiger partial charge >= 0.3 is 0 Å². The molecule has 1 aromatic heterocycles. The molecule has 1 nitrogen and oxygen atoms in total. The van der Waals surface area contributed by atoms with Crippen molar-refractivity contribution in [2.45, 2.75) is 58.3 Å².